The fraction of sp³-hybridized carbons (Fsp3) is 0.500. The lowest BCUT2D eigenvalue weighted by atomic mass is 9.90. The van der Waals surface area contributed by atoms with Gasteiger partial charge in [0.1, 0.15) is 29.4 Å². The summed E-state index contributed by atoms with van der Waals surface area (Å²) in [4.78, 5) is 19.3. The predicted molar refractivity (Wildman–Crippen MR) is 183 cm³/mol. The Labute approximate surface area is 288 Å². The maximum absolute atomic E-state index is 13.9. The summed E-state index contributed by atoms with van der Waals surface area (Å²) in [5.41, 5.74) is 1.02. The largest absolute Gasteiger partial charge is 0.508 e. The molecule has 9 rings (SSSR count). The number of halogens is 3. The van der Waals surface area contributed by atoms with Gasteiger partial charge in [-0.25, -0.2) is 0 Å². The molecule has 0 spiro atoms. The zero-order valence-corrected chi connectivity index (χ0v) is 27.7. The first-order valence-corrected chi connectivity index (χ1v) is 17.7. The van der Waals surface area contributed by atoms with Gasteiger partial charge in [-0.1, -0.05) is 24.5 Å². The van der Waals surface area contributed by atoms with Crippen LogP contribution in [0.5, 0.6) is 17.5 Å². The second-order valence-electron chi connectivity index (χ2n) is 14.8. The topological polar surface area (TPSA) is 95.9 Å². The number of terminal acetylenes is 1. The molecule has 5 atom stereocenters. The van der Waals surface area contributed by atoms with Gasteiger partial charge in [0.15, 0.2) is 12.4 Å². The van der Waals surface area contributed by atoms with Crippen molar-refractivity contribution in [3.05, 3.63) is 42.1 Å². The van der Waals surface area contributed by atoms with E-state index in [0.717, 1.165) is 38.6 Å². The number of ether oxygens (including phenoxy) is 2. The lowest BCUT2D eigenvalue weighted by molar-refractivity contribution is -0.153. The van der Waals surface area contributed by atoms with Crippen LogP contribution in [0.4, 0.5) is 19.0 Å². The van der Waals surface area contributed by atoms with E-state index in [2.05, 4.69) is 21.0 Å². The van der Waals surface area contributed by atoms with Crippen molar-refractivity contribution in [1.29, 1.82) is 0 Å². The van der Waals surface area contributed by atoms with Gasteiger partial charge in [0, 0.05) is 53.9 Å². The molecular formula is C38H39F3N6O3. The van der Waals surface area contributed by atoms with Gasteiger partial charge in [-0.15, -0.1) is 6.42 Å². The Kier molecular flexibility index (Phi) is 7.51. The Bertz CT molecular complexity index is 2020. The summed E-state index contributed by atoms with van der Waals surface area (Å²) < 4.78 is 53.9. The molecule has 12 heteroatoms. The quantitative estimate of drug-likeness (QED) is 0.221. The monoisotopic (exact) mass is 684 g/mol. The molecule has 1 aliphatic carbocycles. The second-order valence-corrected chi connectivity index (χ2v) is 14.8. The number of nitrogens with zero attached hydrogens (tertiary/aromatic N) is 5. The molecular weight excluding hydrogens is 645 g/mol. The van der Waals surface area contributed by atoms with Crippen LogP contribution in [0.15, 0.2) is 36.5 Å². The maximum atomic E-state index is 13.9. The molecule has 0 amide bonds. The number of hydrogen-bond donors (Lipinski definition) is 2. The van der Waals surface area contributed by atoms with Crippen LogP contribution in [-0.4, -0.2) is 87.6 Å². The van der Waals surface area contributed by atoms with Crippen molar-refractivity contribution in [3.8, 4) is 41.1 Å². The van der Waals surface area contributed by atoms with E-state index in [1.54, 1.807) is 30.5 Å². The molecule has 260 valence electrons. The molecule has 9 nitrogen and oxygen atoms in total. The molecule has 2 aromatic heterocycles. The Morgan fingerprint density at radius 3 is 2.70 bits per heavy atom. The molecule has 5 unspecified atom stereocenters. The number of pyridine rings is 1. The van der Waals surface area contributed by atoms with E-state index in [4.69, 9.17) is 30.8 Å². The predicted octanol–water partition coefficient (Wildman–Crippen LogP) is 6.20. The normalized spacial score (nSPS) is 27.5. The highest BCUT2D eigenvalue weighted by atomic mass is 19.4. The van der Waals surface area contributed by atoms with Crippen LogP contribution in [0.3, 0.4) is 0 Å². The summed E-state index contributed by atoms with van der Waals surface area (Å²) >= 11 is 0. The average molecular weight is 685 g/mol. The molecule has 5 aliphatic rings. The molecule has 6 heterocycles. The minimum absolute atomic E-state index is 0.0873. The van der Waals surface area contributed by atoms with Gasteiger partial charge in [0.2, 0.25) is 0 Å². The number of hydrogen-bond acceptors (Lipinski definition) is 9. The fourth-order valence-electron chi connectivity index (χ4n) is 9.77. The highest BCUT2D eigenvalue weighted by molar-refractivity contribution is 6.05. The van der Waals surface area contributed by atoms with E-state index in [1.807, 2.05) is 0 Å². The Balaban J connectivity index is 1.21. The molecule has 2 aromatic carbocycles. The Morgan fingerprint density at radius 2 is 1.90 bits per heavy atom. The second kappa shape index (κ2) is 11.9. The van der Waals surface area contributed by atoms with Crippen LogP contribution >= 0.6 is 0 Å². The molecule has 50 heavy (non-hydrogen) atoms. The van der Waals surface area contributed by atoms with Crippen molar-refractivity contribution in [3.63, 3.8) is 0 Å². The van der Waals surface area contributed by atoms with Crippen molar-refractivity contribution in [2.45, 2.75) is 81.2 Å². The van der Waals surface area contributed by atoms with E-state index in [1.165, 1.54) is 25.3 Å². The van der Waals surface area contributed by atoms with Crippen LogP contribution in [0.25, 0.3) is 32.9 Å². The van der Waals surface area contributed by atoms with Gasteiger partial charge in [0.25, 0.3) is 0 Å². The van der Waals surface area contributed by atoms with Gasteiger partial charge in [-0.3, -0.25) is 9.88 Å². The molecule has 4 saturated heterocycles. The standard InChI is InChI=1S/C38H39F3N6O3/c1-2-22-6-3-7-23-14-27(48)15-28(31(22)23)32-34(49-21-38(39,40)41)33-29(17-42-32)35(46-18-25-10-11-26(19-46)43-25)45-36(44-33)50-20-37-12-5-13-47(37)30-9-4-8-24(30)16-37/h1,3,6-7,14-15,17,24-26,30,43,48H,4-5,8-13,16,18-21H2. The zero-order chi connectivity index (χ0) is 34.2. The zero-order valence-electron chi connectivity index (χ0n) is 27.7. The molecule has 4 aliphatic heterocycles. The molecule has 0 radical (unpaired) electrons. The average Bonchev–Trinajstić information content (AvgIpc) is 3.86. The number of aromatic nitrogens is 3. The smallest absolute Gasteiger partial charge is 0.422 e. The van der Waals surface area contributed by atoms with Crippen LogP contribution in [-0.2, 0) is 0 Å². The highest BCUT2D eigenvalue weighted by Gasteiger charge is 2.55. The number of alkyl halides is 3. The molecule has 4 aromatic rings. The van der Waals surface area contributed by atoms with E-state index in [-0.39, 0.29) is 46.3 Å². The van der Waals surface area contributed by atoms with Crippen molar-refractivity contribution in [1.82, 2.24) is 25.2 Å². The van der Waals surface area contributed by atoms with Crippen LogP contribution in [0.2, 0.25) is 0 Å². The highest BCUT2D eigenvalue weighted by Crippen LogP contribution is 2.51. The molecule has 2 N–H and O–H groups in total. The number of rotatable bonds is 7. The number of phenols is 1. The van der Waals surface area contributed by atoms with Crippen molar-refractivity contribution in [2.75, 3.05) is 37.7 Å². The maximum Gasteiger partial charge on any atom is 0.422 e. The lowest BCUT2D eigenvalue weighted by Gasteiger charge is -2.35. The number of anilines is 1. The lowest BCUT2D eigenvalue weighted by Crippen LogP contribution is -2.51. The van der Waals surface area contributed by atoms with Gasteiger partial charge in [-0.2, -0.15) is 23.1 Å². The molecule has 5 fully saturated rings. The van der Waals surface area contributed by atoms with E-state index >= 15 is 0 Å². The summed E-state index contributed by atoms with van der Waals surface area (Å²) in [5.74, 6) is 3.65. The van der Waals surface area contributed by atoms with E-state index < -0.39 is 12.8 Å². The minimum atomic E-state index is -4.64. The number of piperazine rings is 1. The fourth-order valence-corrected chi connectivity index (χ4v) is 9.77. The number of aromatic hydroxyl groups is 1. The minimum Gasteiger partial charge on any atom is -0.508 e. The summed E-state index contributed by atoms with van der Waals surface area (Å²) in [5, 5.41) is 16.0. The Morgan fingerprint density at radius 1 is 1.06 bits per heavy atom. The van der Waals surface area contributed by atoms with Gasteiger partial charge >= 0.3 is 12.2 Å². The summed E-state index contributed by atoms with van der Waals surface area (Å²) in [6.45, 7) is 1.28. The number of phenolic OH excluding ortho intramolecular Hbond substituents is 1. The molecule has 2 bridgehead atoms. The van der Waals surface area contributed by atoms with Crippen molar-refractivity contribution >= 4 is 27.5 Å². The van der Waals surface area contributed by atoms with E-state index in [0.29, 0.717) is 64.8 Å². The van der Waals surface area contributed by atoms with Crippen molar-refractivity contribution < 1.29 is 27.8 Å². The third-order valence-corrected chi connectivity index (χ3v) is 11.7. The van der Waals surface area contributed by atoms with Gasteiger partial charge in [-0.05, 0) is 81.0 Å². The van der Waals surface area contributed by atoms with Crippen molar-refractivity contribution in [2.24, 2.45) is 5.92 Å². The summed E-state index contributed by atoms with van der Waals surface area (Å²) in [6.07, 6.45) is 11.9. The van der Waals surface area contributed by atoms with Crippen LogP contribution < -0.4 is 19.7 Å². The Hall–Kier alpha value is -4.34. The number of nitrogens with one attached hydrogen (secondary N) is 1. The number of benzene rings is 2. The van der Waals surface area contributed by atoms with Gasteiger partial charge in [0.05, 0.1) is 10.9 Å². The number of fused-ring (bicyclic) bond motifs is 7. The van der Waals surface area contributed by atoms with Crippen LogP contribution in [0, 0.1) is 18.3 Å². The third-order valence-electron chi connectivity index (χ3n) is 11.7. The summed E-state index contributed by atoms with van der Waals surface area (Å²) in [6, 6.07) is 9.56. The summed E-state index contributed by atoms with van der Waals surface area (Å²) in [7, 11) is 0. The van der Waals surface area contributed by atoms with Gasteiger partial charge < -0.3 is 24.8 Å². The first-order valence-electron chi connectivity index (χ1n) is 17.7. The SMILES string of the molecule is C#Cc1cccc2cc(O)cc(-c3ncc4c(N5CC6CCC(C5)N6)nc(OCC56CCCN5C5CCCC5C6)nc4c3OCC(F)(F)F)c12. The van der Waals surface area contributed by atoms with Crippen LogP contribution in [0.1, 0.15) is 56.9 Å². The molecule has 1 saturated carbocycles. The first-order chi connectivity index (χ1) is 24.2. The third kappa shape index (κ3) is 5.37. The first kappa shape index (κ1) is 31.6. The van der Waals surface area contributed by atoms with E-state index in [9.17, 15) is 18.3 Å².